The molecule has 7 nitrogen and oxygen atoms in total. The van der Waals surface area contributed by atoms with Crippen molar-refractivity contribution in [3.05, 3.63) is 54.1 Å². The zero-order valence-electron chi connectivity index (χ0n) is 17.9. The maximum absolute atomic E-state index is 13.6. The average molecular weight is 539 g/mol. The lowest BCUT2D eigenvalue weighted by molar-refractivity contribution is 0.260. The number of nitrogens with zero attached hydrogens (tertiary/aromatic N) is 5. The number of aliphatic imine (C=N–C) groups is 1. The maximum atomic E-state index is 13.6. The Hall–Kier alpha value is -2.01. The van der Waals surface area contributed by atoms with Crippen LogP contribution in [0, 0.1) is 5.82 Å². The fraction of sp³-hybridized carbons (Fsp3) is 0.500. The summed E-state index contributed by atoms with van der Waals surface area (Å²) in [5.74, 6) is 1.45. The first-order valence-electron chi connectivity index (χ1n) is 10.6. The monoisotopic (exact) mass is 539 g/mol. The summed E-state index contributed by atoms with van der Waals surface area (Å²) < 4.78 is 13.6. The third-order valence-electron chi connectivity index (χ3n) is 6.04. The first-order chi connectivity index (χ1) is 14.7. The summed E-state index contributed by atoms with van der Waals surface area (Å²) in [6.45, 7) is 6.42. The Bertz CT molecular complexity index is 852. The fourth-order valence-electron chi connectivity index (χ4n) is 3.97. The number of halogens is 2. The lowest BCUT2D eigenvalue weighted by Gasteiger charge is -2.34. The van der Waals surface area contributed by atoms with Crippen molar-refractivity contribution in [2.75, 3.05) is 57.8 Å². The van der Waals surface area contributed by atoms with Crippen LogP contribution in [0.2, 0.25) is 0 Å². The molecular formula is C22H31FIN7. The molecule has 1 aliphatic carbocycles. The van der Waals surface area contributed by atoms with Crippen LogP contribution in [-0.2, 0) is 5.41 Å². The predicted molar refractivity (Wildman–Crippen MR) is 133 cm³/mol. The van der Waals surface area contributed by atoms with E-state index in [0.29, 0.717) is 0 Å². The molecule has 9 heteroatoms. The minimum absolute atomic E-state index is 0. The van der Waals surface area contributed by atoms with Gasteiger partial charge >= 0.3 is 0 Å². The standard InChI is InChI=1S/C22H30FN7.HI/c1-24-20(28-17-22(6-7-22)18-4-2-5-19(23)16-18)25-10-11-29-12-14-30(15-13-29)21-26-8-3-9-27-21;/h2-5,8-9,16H,6-7,10-15,17H2,1H3,(H2,24,25,28);1H. The molecule has 31 heavy (non-hydrogen) atoms. The van der Waals surface area contributed by atoms with Gasteiger partial charge in [0.05, 0.1) is 0 Å². The van der Waals surface area contributed by atoms with Gasteiger partial charge in [0.1, 0.15) is 5.82 Å². The molecular weight excluding hydrogens is 508 g/mol. The van der Waals surface area contributed by atoms with Gasteiger partial charge in [0.25, 0.3) is 0 Å². The van der Waals surface area contributed by atoms with Gasteiger partial charge in [0, 0.05) is 70.7 Å². The fourth-order valence-corrected chi connectivity index (χ4v) is 3.97. The summed E-state index contributed by atoms with van der Waals surface area (Å²) in [6, 6.07) is 8.82. The number of hydrogen-bond acceptors (Lipinski definition) is 5. The molecule has 2 aliphatic rings. The van der Waals surface area contributed by atoms with Gasteiger partial charge in [-0.25, -0.2) is 14.4 Å². The molecule has 0 amide bonds. The smallest absolute Gasteiger partial charge is 0.225 e. The van der Waals surface area contributed by atoms with Gasteiger partial charge in [0.15, 0.2) is 5.96 Å². The molecule has 2 aromatic rings. The Balaban J connectivity index is 0.00000272. The number of anilines is 1. The number of piperazine rings is 1. The lowest BCUT2D eigenvalue weighted by Crippen LogP contribution is -2.50. The van der Waals surface area contributed by atoms with Crippen LogP contribution >= 0.6 is 24.0 Å². The van der Waals surface area contributed by atoms with Gasteiger partial charge in [-0.3, -0.25) is 9.89 Å². The second kappa shape index (κ2) is 11.0. The second-order valence-corrected chi connectivity index (χ2v) is 8.02. The summed E-state index contributed by atoms with van der Waals surface area (Å²) in [6.07, 6.45) is 5.74. The highest BCUT2D eigenvalue weighted by Gasteiger charge is 2.44. The van der Waals surface area contributed by atoms with E-state index in [0.717, 1.165) is 76.1 Å². The Morgan fingerprint density at radius 1 is 1.10 bits per heavy atom. The number of rotatable bonds is 7. The van der Waals surface area contributed by atoms with Crippen molar-refractivity contribution in [2.24, 2.45) is 4.99 Å². The Kier molecular flexibility index (Phi) is 8.42. The van der Waals surface area contributed by atoms with Crippen LogP contribution in [-0.4, -0.2) is 73.7 Å². The molecule has 2 heterocycles. The second-order valence-electron chi connectivity index (χ2n) is 8.02. The third kappa shape index (κ3) is 6.25. The van der Waals surface area contributed by atoms with Gasteiger partial charge in [-0.2, -0.15) is 0 Å². The van der Waals surface area contributed by atoms with Crippen LogP contribution < -0.4 is 15.5 Å². The molecule has 0 spiro atoms. The number of hydrogen-bond donors (Lipinski definition) is 2. The van der Waals surface area contributed by atoms with E-state index in [1.54, 1.807) is 31.6 Å². The molecule has 4 rings (SSSR count). The molecule has 168 valence electrons. The molecule has 1 aromatic heterocycles. The minimum Gasteiger partial charge on any atom is -0.356 e. The number of benzene rings is 1. The number of nitrogens with one attached hydrogen (secondary N) is 2. The van der Waals surface area contributed by atoms with Crippen LogP contribution in [0.15, 0.2) is 47.7 Å². The zero-order chi connectivity index (χ0) is 20.8. The lowest BCUT2D eigenvalue weighted by atomic mass is 9.96. The van der Waals surface area contributed by atoms with E-state index >= 15 is 0 Å². The number of guanidine groups is 1. The molecule has 0 bridgehead atoms. The van der Waals surface area contributed by atoms with E-state index < -0.39 is 0 Å². The molecule has 0 radical (unpaired) electrons. The highest BCUT2D eigenvalue weighted by molar-refractivity contribution is 14.0. The van der Waals surface area contributed by atoms with E-state index in [9.17, 15) is 4.39 Å². The molecule has 1 saturated heterocycles. The van der Waals surface area contributed by atoms with Crippen molar-refractivity contribution in [3.8, 4) is 0 Å². The first-order valence-corrected chi connectivity index (χ1v) is 10.6. The molecule has 1 aliphatic heterocycles. The summed E-state index contributed by atoms with van der Waals surface area (Å²) in [5.41, 5.74) is 1.11. The molecule has 0 atom stereocenters. The average Bonchev–Trinajstić information content (AvgIpc) is 3.58. The highest BCUT2D eigenvalue weighted by Crippen LogP contribution is 2.47. The topological polar surface area (TPSA) is 68.7 Å². The van der Waals surface area contributed by atoms with E-state index in [2.05, 4.69) is 35.4 Å². The van der Waals surface area contributed by atoms with Gasteiger partial charge < -0.3 is 15.5 Å². The van der Waals surface area contributed by atoms with Crippen LogP contribution in [0.5, 0.6) is 0 Å². The highest BCUT2D eigenvalue weighted by atomic mass is 127. The Morgan fingerprint density at radius 2 is 1.84 bits per heavy atom. The molecule has 0 unspecified atom stereocenters. The molecule has 2 fully saturated rings. The first kappa shape index (κ1) is 23.6. The van der Waals surface area contributed by atoms with Crippen LogP contribution in [0.4, 0.5) is 10.3 Å². The molecule has 1 saturated carbocycles. The van der Waals surface area contributed by atoms with Gasteiger partial charge in [-0.05, 0) is 36.6 Å². The molecule has 1 aromatic carbocycles. The van der Waals surface area contributed by atoms with Crippen LogP contribution in [0.25, 0.3) is 0 Å². The summed E-state index contributed by atoms with van der Waals surface area (Å²) in [5, 5.41) is 6.84. The van der Waals surface area contributed by atoms with E-state index in [-0.39, 0.29) is 35.2 Å². The van der Waals surface area contributed by atoms with Gasteiger partial charge in [0.2, 0.25) is 5.95 Å². The van der Waals surface area contributed by atoms with Gasteiger partial charge in [-0.1, -0.05) is 12.1 Å². The quantitative estimate of drug-likeness (QED) is 0.320. The van der Waals surface area contributed by atoms with Crippen LogP contribution in [0.1, 0.15) is 18.4 Å². The minimum atomic E-state index is -0.166. The van der Waals surface area contributed by atoms with E-state index in [1.807, 2.05) is 12.1 Å². The summed E-state index contributed by atoms with van der Waals surface area (Å²) >= 11 is 0. The van der Waals surface area contributed by atoms with E-state index in [4.69, 9.17) is 0 Å². The van der Waals surface area contributed by atoms with Gasteiger partial charge in [-0.15, -0.1) is 24.0 Å². The largest absolute Gasteiger partial charge is 0.356 e. The Morgan fingerprint density at radius 3 is 2.48 bits per heavy atom. The van der Waals surface area contributed by atoms with Crippen molar-refractivity contribution in [1.82, 2.24) is 25.5 Å². The van der Waals surface area contributed by atoms with Crippen molar-refractivity contribution in [2.45, 2.75) is 18.3 Å². The zero-order valence-corrected chi connectivity index (χ0v) is 20.3. The molecule has 2 N–H and O–H groups in total. The summed E-state index contributed by atoms with van der Waals surface area (Å²) in [4.78, 5) is 17.7. The third-order valence-corrected chi connectivity index (χ3v) is 6.04. The number of aromatic nitrogens is 2. The van der Waals surface area contributed by atoms with Crippen molar-refractivity contribution < 1.29 is 4.39 Å². The van der Waals surface area contributed by atoms with Crippen LogP contribution in [0.3, 0.4) is 0 Å². The van der Waals surface area contributed by atoms with Crippen molar-refractivity contribution in [1.29, 1.82) is 0 Å². The predicted octanol–water partition coefficient (Wildman–Crippen LogP) is 2.25. The summed E-state index contributed by atoms with van der Waals surface area (Å²) in [7, 11) is 1.79. The SMILES string of the molecule is CN=C(NCCN1CCN(c2ncccn2)CC1)NCC1(c2cccc(F)c2)CC1.I. The normalized spacial score (nSPS) is 18.3. The van der Waals surface area contributed by atoms with Crippen molar-refractivity contribution in [3.63, 3.8) is 0 Å². The Labute approximate surface area is 200 Å². The van der Waals surface area contributed by atoms with E-state index in [1.165, 1.54) is 6.07 Å². The van der Waals surface area contributed by atoms with Crippen molar-refractivity contribution >= 4 is 35.9 Å². The maximum Gasteiger partial charge on any atom is 0.225 e.